The lowest BCUT2D eigenvalue weighted by Crippen LogP contribution is -2.54. The van der Waals surface area contributed by atoms with E-state index in [2.05, 4.69) is 10.2 Å². The van der Waals surface area contributed by atoms with Gasteiger partial charge >= 0.3 is 0 Å². The zero-order valence-electron chi connectivity index (χ0n) is 16.5. The van der Waals surface area contributed by atoms with Gasteiger partial charge in [0.2, 0.25) is 12.7 Å². The molecule has 4 rings (SSSR count). The molecule has 2 aliphatic heterocycles. The highest BCUT2D eigenvalue weighted by Crippen LogP contribution is 2.32. The predicted molar refractivity (Wildman–Crippen MR) is 108 cm³/mol. The molecule has 152 valence electrons. The fraction of sp³-hybridized carbons (Fsp3) is 0.364. The van der Waals surface area contributed by atoms with Gasteiger partial charge in [-0.1, -0.05) is 24.3 Å². The minimum Gasteiger partial charge on any atom is -0.454 e. The molecule has 0 spiro atoms. The summed E-state index contributed by atoms with van der Waals surface area (Å²) < 4.78 is 10.7. The molecule has 0 bridgehead atoms. The third kappa shape index (κ3) is 4.35. The number of hydrogen-bond acceptors (Lipinski definition) is 5. The molecule has 0 aliphatic carbocycles. The van der Waals surface area contributed by atoms with E-state index in [1.165, 1.54) is 0 Å². The molecule has 7 nitrogen and oxygen atoms in total. The van der Waals surface area contributed by atoms with E-state index >= 15 is 0 Å². The Kier molecular flexibility index (Phi) is 5.67. The number of nitrogens with one attached hydrogen (secondary N) is 1. The molecule has 29 heavy (non-hydrogen) atoms. The average Bonchev–Trinajstić information content (AvgIpc) is 3.25. The quantitative estimate of drug-likeness (QED) is 0.837. The van der Waals surface area contributed by atoms with Crippen LogP contribution in [0.1, 0.15) is 22.8 Å². The Balaban J connectivity index is 1.26. The average molecular weight is 395 g/mol. The Hall–Kier alpha value is -3.06. The number of ether oxygens (including phenoxy) is 2. The van der Waals surface area contributed by atoms with Gasteiger partial charge in [0.1, 0.15) is 0 Å². The number of fused-ring (bicyclic) bond motifs is 1. The number of rotatable bonds is 5. The molecule has 2 aromatic rings. The highest BCUT2D eigenvalue weighted by molar-refractivity contribution is 5.94. The van der Waals surface area contributed by atoms with Crippen molar-refractivity contribution in [3.63, 3.8) is 0 Å². The van der Waals surface area contributed by atoms with Crippen LogP contribution in [0.2, 0.25) is 0 Å². The van der Waals surface area contributed by atoms with E-state index in [4.69, 9.17) is 9.47 Å². The second kappa shape index (κ2) is 8.53. The molecule has 0 aromatic heterocycles. The molecule has 2 aromatic carbocycles. The lowest BCUT2D eigenvalue weighted by atomic mass is 10.1. The van der Waals surface area contributed by atoms with Gasteiger partial charge in [0.25, 0.3) is 5.91 Å². The van der Waals surface area contributed by atoms with Gasteiger partial charge in [-0.25, -0.2) is 0 Å². The van der Waals surface area contributed by atoms with E-state index in [1.54, 1.807) is 0 Å². The van der Waals surface area contributed by atoms with Crippen molar-refractivity contribution in [3.8, 4) is 11.5 Å². The molecule has 7 heteroatoms. The zero-order chi connectivity index (χ0) is 20.2. The Morgan fingerprint density at radius 1 is 1.00 bits per heavy atom. The summed E-state index contributed by atoms with van der Waals surface area (Å²) in [6.45, 7) is 5.17. The maximum absolute atomic E-state index is 12.6. The third-order valence-corrected chi connectivity index (χ3v) is 5.45. The van der Waals surface area contributed by atoms with Gasteiger partial charge < -0.3 is 19.7 Å². The minimum absolute atomic E-state index is 0.0227. The zero-order valence-corrected chi connectivity index (χ0v) is 16.5. The van der Waals surface area contributed by atoms with E-state index in [-0.39, 0.29) is 24.6 Å². The second-order valence-corrected chi connectivity index (χ2v) is 7.28. The first-order valence-corrected chi connectivity index (χ1v) is 9.86. The molecule has 0 radical (unpaired) electrons. The van der Waals surface area contributed by atoms with Crippen LogP contribution in [0.5, 0.6) is 11.5 Å². The lowest BCUT2D eigenvalue weighted by molar-refractivity contribution is -0.126. The van der Waals surface area contributed by atoms with E-state index in [0.717, 1.165) is 11.3 Å². The van der Waals surface area contributed by atoms with E-state index in [9.17, 15) is 9.59 Å². The standard InChI is InChI=1S/C22H25N3O4/c1-16(21(26)23-14-17-7-8-19-20(13-17)29-15-28-19)24-9-11-25(12-10-24)22(27)18-5-3-2-4-6-18/h2-8,13,16H,9-12,14-15H2,1H3,(H,23,26). The summed E-state index contributed by atoms with van der Waals surface area (Å²) >= 11 is 0. The Bertz CT molecular complexity index is 879. The molecular weight excluding hydrogens is 370 g/mol. The number of benzene rings is 2. The van der Waals surface area contributed by atoms with Crippen LogP contribution in [-0.4, -0.2) is 60.6 Å². The molecule has 2 amide bonds. The van der Waals surface area contributed by atoms with Gasteiger partial charge in [-0.3, -0.25) is 14.5 Å². The van der Waals surface area contributed by atoms with Crippen LogP contribution in [0, 0.1) is 0 Å². The number of carbonyl (C=O) groups excluding carboxylic acids is 2. The molecule has 0 saturated carbocycles. The van der Waals surface area contributed by atoms with Crippen LogP contribution >= 0.6 is 0 Å². The monoisotopic (exact) mass is 395 g/mol. The van der Waals surface area contributed by atoms with Gasteiger partial charge in [0.05, 0.1) is 6.04 Å². The smallest absolute Gasteiger partial charge is 0.253 e. The first-order chi connectivity index (χ1) is 14.1. The Morgan fingerprint density at radius 3 is 2.48 bits per heavy atom. The summed E-state index contributed by atoms with van der Waals surface area (Å²) in [5, 5.41) is 2.99. The molecule has 2 aliphatic rings. The van der Waals surface area contributed by atoms with Crippen molar-refractivity contribution in [1.29, 1.82) is 0 Å². The largest absolute Gasteiger partial charge is 0.454 e. The van der Waals surface area contributed by atoms with Crippen molar-refractivity contribution < 1.29 is 19.1 Å². The van der Waals surface area contributed by atoms with Crippen molar-refractivity contribution in [2.75, 3.05) is 33.0 Å². The summed E-state index contributed by atoms with van der Waals surface area (Å²) in [6.07, 6.45) is 0. The van der Waals surface area contributed by atoms with Gasteiger partial charge in [0, 0.05) is 38.3 Å². The number of hydrogen-bond donors (Lipinski definition) is 1. The van der Waals surface area contributed by atoms with E-state index in [0.29, 0.717) is 44.0 Å². The number of nitrogens with zero attached hydrogens (tertiary/aromatic N) is 2. The fourth-order valence-corrected chi connectivity index (χ4v) is 3.63. The minimum atomic E-state index is -0.252. The van der Waals surface area contributed by atoms with E-state index in [1.807, 2.05) is 60.4 Å². The molecule has 1 fully saturated rings. The maximum atomic E-state index is 12.6. The number of amides is 2. The summed E-state index contributed by atoms with van der Waals surface area (Å²) in [4.78, 5) is 29.1. The van der Waals surface area contributed by atoms with Gasteiger partial charge in [-0.15, -0.1) is 0 Å². The summed E-state index contributed by atoms with van der Waals surface area (Å²) in [6, 6.07) is 14.7. The lowest BCUT2D eigenvalue weighted by Gasteiger charge is -2.37. The molecule has 1 N–H and O–H groups in total. The predicted octanol–water partition coefficient (Wildman–Crippen LogP) is 1.88. The normalized spacial score (nSPS) is 17.1. The Labute approximate surface area is 170 Å². The van der Waals surface area contributed by atoms with E-state index < -0.39 is 0 Å². The van der Waals surface area contributed by atoms with Gasteiger partial charge in [-0.2, -0.15) is 0 Å². The van der Waals surface area contributed by atoms with Crippen molar-refractivity contribution in [2.24, 2.45) is 0 Å². The first-order valence-electron chi connectivity index (χ1n) is 9.86. The first kappa shape index (κ1) is 19.3. The van der Waals surface area contributed by atoms with Crippen LogP contribution in [-0.2, 0) is 11.3 Å². The number of piperazine rings is 1. The fourth-order valence-electron chi connectivity index (χ4n) is 3.63. The molecule has 1 unspecified atom stereocenters. The van der Waals surface area contributed by atoms with Crippen molar-refractivity contribution in [1.82, 2.24) is 15.1 Å². The molecule has 1 saturated heterocycles. The van der Waals surface area contributed by atoms with Crippen LogP contribution in [0.3, 0.4) is 0 Å². The SMILES string of the molecule is CC(C(=O)NCc1ccc2c(c1)OCO2)N1CCN(C(=O)c2ccccc2)CC1. The van der Waals surface area contributed by atoms with Crippen LogP contribution in [0.15, 0.2) is 48.5 Å². The van der Waals surface area contributed by atoms with Gasteiger partial charge in [-0.05, 0) is 36.8 Å². The highest BCUT2D eigenvalue weighted by Gasteiger charge is 2.27. The molecule has 2 heterocycles. The van der Waals surface area contributed by atoms with Crippen LogP contribution < -0.4 is 14.8 Å². The summed E-state index contributed by atoms with van der Waals surface area (Å²) in [5.74, 6) is 1.47. The molecular formula is C22H25N3O4. The summed E-state index contributed by atoms with van der Waals surface area (Å²) in [7, 11) is 0. The van der Waals surface area contributed by atoms with Crippen LogP contribution in [0.4, 0.5) is 0 Å². The Morgan fingerprint density at radius 2 is 1.72 bits per heavy atom. The van der Waals surface area contributed by atoms with Crippen molar-refractivity contribution >= 4 is 11.8 Å². The van der Waals surface area contributed by atoms with Gasteiger partial charge in [0.15, 0.2) is 11.5 Å². The van der Waals surface area contributed by atoms with Crippen LogP contribution in [0.25, 0.3) is 0 Å². The third-order valence-electron chi connectivity index (χ3n) is 5.45. The molecule has 1 atom stereocenters. The van der Waals surface area contributed by atoms with Crippen molar-refractivity contribution in [3.05, 3.63) is 59.7 Å². The summed E-state index contributed by atoms with van der Waals surface area (Å²) in [5.41, 5.74) is 1.67. The maximum Gasteiger partial charge on any atom is 0.253 e. The highest BCUT2D eigenvalue weighted by atomic mass is 16.7. The van der Waals surface area contributed by atoms with Crippen molar-refractivity contribution in [2.45, 2.75) is 19.5 Å². The second-order valence-electron chi connectivity index (χ2n) is 7.28. The number of carbonyl (C=O) groups is 2. The topological polar surface area (TPSA) is 71.1 Å².